The number of halogens is 1. The van der Waals surface area contributed by atoms with Gasteiger partial charge in [-0.05, 0) is 43.5 Å². The van der Waals surface area contributed by atoms with Crippen LogP contribution in [-0.4, -0.2) is 35.7 Å². The lowest BCUT2D eigenvalue weighted by molar-refractivity contribution is -0.149. The summed E-state index contributed by atoms with van der Waals surface area (Å²) >= 11 is 3.35. The number of carboxylic acids is 1. The third kappa shape index (κ3) is 3.80. The Morgan fingerprint density at radius 1 is 1.40 bits per heavy atom. The molecule has 0 aliphatic carbocycles. The van der Waals surface area contributed by atoms with Crippen molar-refractivity contribution in [2.75, 3.05) is 6.54 Å². The molecule has 5 nitrogen and oxygen atoms in total. The van der Waals surface area contributed by atoms with Crippen LogP contribution in [0, 0.1) is 6.92 Å². The van der Waals surface area contributed by atoms with E-state index >= 15 is 0 Å². The second kappa shape index (κ2) is 6.37. The normalized spacial score (nSPS) is 21.7. The van der Waals surface area contributed by atoms with Crippen molar-refractivity contribution in [1.82, 2.24) is 5.32 Å². The third-order valence-corrected chi connectivity index (χ3v) is 3.64. The van der Waals surface area contributed by atoms with E-state index in [4.69, 9.17) is 9.84 Å². The lowest BCUT2D eigenvalue weighted by Gasteiger charge is -2.12. The van der Waals surface area contributed by atoms with Crippen molar-refractivity contribution in [2.45, 2.75) is 32.0 Å². The van der Waals surface area contributed by atoms with Gasteiger partial charge in [0.15, 0.2) is 6.10 Å². The lowest BCUT2D eigenvalue weighted by Crippen LogP contribution is -2.33. The average molecular weight is 342 g/mol. The third-order valence-electron chi connectivity index (χ3n) is 3.18. The van der Waals surface area contributed by atoms with E-state index in [-0.39, 0.29) is 12.0 Å². The molecule has 1 aliphatic heterocycles. The second-order valence-electron chi connectivity index (χ2n) is 4.89. The van der Waals surface area contributed by atoms with Crippen molar-refractivity contribution in [3.05, 3.63) is 33.8 Å². The van der Waals surface area contributed by atoms with E-state index in [0.29, 0.717) is 24.9 Å². The summed E-state index contributed by atoms with van der Waals surface area (Å²) in [5.41, 5.74) is 1.57. The molecule has 2 N–H and O–H groups in total. The van der Waals surface area contributed by atoms with Crippen LogP contribution >= 0.6 is 15.9 Å². The molecule has 1 aromatic carbocycles. The summed E-state index contributed by atoms with van der Waals surface area (Å²) in [6, 6.07) is 5.47. The van der Waals surface area contributed by atoms with Gasteiger partial charge in [0.05, 0.1) is 6.10 Å². The van der Waals surface area contributed by atoms with E-state index in [1.807, 2.05) is 13.0 Å². The van der Waals surface area contributed by atoms with Crippen LogP contribution < -0.4 is 5.32 Å². The summed E-state index contributed by atoms with van der Waals surface area (Å²) in [6.45, 7) is 2.24. The Labute approximate surface area is 125 Å². The van der Waals surface area contributed by atoms with Gasteiger partial charge in [0.2, 0.25) is 0 Å². The summed E-state index contributed by atoms with van der Waals surface area (Å²) < 4.78 is 6.19. The maximum atomic E-state index is 12.0. The SMILES string of the molecule is Cc1cc(Br)cc(C(=O)NCC2CCC(C(=O)O)O2)c1. The molecular formula is C14H16BrNO4. The van der Waals surface area contributed by atoms with Crippen LogP contribution in [0.1, 0.15) is 28.8 Å². The van der Waals surface area contributed by atoms with E-state index in [2.05, 4.69) is 21.2 Å². The number of rotatable bonds is 4. The molecule has 0 radical (unpaired) electrons. The van der Waals surface area contributed by atoms with Crippen LogP contribution in [0.4, 0.5) is 0 Å². The first kappa shape index (κ1) is 15.0. The molecule has 6 heteroatoms. The second-order valence-corrected chi connectivity index (χ2v) is 5.81. The number of aliphatic carboxylic acids is 1. The highest BCUT2D eigenvalue weighted by Crippen LogP contribution is 2.19. The molecule has 2 rings (SSSR count). The largest absolute Gasteiger partial charge is 0.479 e. The smallest absolute Gasteiger partial charge is 0.332 e. The summed E-state index contributed by atoms with van der Waals surface area (Å²) in [7, 11) is 0. The van der Waals surface area contributed by atoms with Gasteiger partial charge < -0.3 is 15.2 Å². The zero-order valence-electron chi connectivity index (χ0n) is 11.1. The number of hydrogen-bond acceptors (Lipinski definition) is 3. The Kier molecular flexibility index (Phi) is 4.77. The van der Waals surface area contributed by atoms with Gasteiger partial charge in [-0.15, -0.1) is 0 Å². The molecule has 0 saturated carbocycles. The highest BCUT2D eigenvalue weighted by Gasteiger charge is 2.30. The number of carbonyl (C=O) groups is 2. The topological polar surface area (TPSA) is 75.6 Å². The van der Waals surface area contributed by atoms with Gasteiger partial charge in [0.1, 0.15) is 0 Å². The van der Waals surface area contributed by atoms with E-state index in [1.165, 1.54) is 0 Å². The number of carbonyl (C=O) groups excluding carboxylic acids is 1. The minimum Gasteiger partial charge on any atom is -0.479 e. The monoisotopic (exact) mass is 341 g/mol. The first-order valence-corrected chi connectivity index (χ1v) is 7.18. The molecule has 1 amide bonds. The van der Waals surface area contributed by atoms with Gasteiger partial charge in [0, 0.05) is 16.6 Å². The summed E-state index contributed by atoms with van der Waals surface area (Å²) in [5, 5.41) is 11.6. The fraction of sp³-hybridized carbons (Fsp3) is 0.429. The fourth-order valence-corrected chi connectivity index (χ4v) is 2.82. The Morgan fingerprint density at radius 3 is 2.75 bits per heavy atom. The van der Waals surface area contributed by atoms with Crippen LogP contribution in [0.25, 0.3) is 0 Å². The Morgan fingerprint density at radius 2 is 2.15 bits per heavy atom. The molecule has 0 bridgehead atoms. The molecule has 1 aromatic rings. The Bertz CT molecular complexity index is 512. The number of carboxylic acid groups (broad SMARTS) is 1. The first-order chi connectivity index (χ1) is 9.45. The van der Waals surface area contributed by atoms with Crippen molar-refractivity contribution in [3.63, 3.8) is 0 Å². The molecule has 0 aromatic heterocycles. The minimum atomic E-state index is -0.943. The first-order valence-electron chi connectivity index (χ1n) is 6.39. The van der Waals surface area contributed by atoms with E-state index < -0.39 is 12.1 Å². The number of aryl methyl sites for hydroxylation is 1. The van der Waals surface area contributed by atoms with Crippen LogP contribution in [0.15, 0.2) is 22.7 Å². The molecule has 1 fully saturated rings. The fourth-order valence-electron chi connectivity index (χ4n) is 2.21. The Balaban J connectivity index is 1.88. The van der Waals surface area contributed by atoms with Crippen molar-refractivity contribution in [3.8, 4) is 0 Å². The zero-order valence-corrected chi connectivity index (χ0v) is 12.6. The molecule has 2 unspecified atom stereocenters. The predicted octanol–water partition coefficient (Wildman–Crippen LogP) is 2.12. The Hall–Kier alpha value is -1.40. The highest BCUT2D eigenvalue weighted by atomic mass is 79.9. The van der Waals surface area contributed by atoms with Gasteiger partial charge in [-0.25, -0.2) is 4.79 Å². The lowest BCUT2D eigenvalue weighted by atomic mass is 10.1. The molecule has 2 atom stereocenters. The van der Waals surface area contributed by atoms with Crippen molar-refractivity contribution in [2.24, 2.45) is 0 Å². The summed E-state index contributed by atoms with van der Waals surface area (Å²) in [5.74, 6) is -1.13. The quantitative estimate of drug-likeness (QED) is 0.879. The maximum absolute atomic E-state index is 12.0. The highest BCUT2D eigenvalue weighted by molar-refractivity contribution is 9.10. The summed E-state index contributed by atoms with van der Waals surface area (Å²) in [6.07, 6.45) is 0.166. The van der Waals surface area contributed by atoms with E-state index in [9.17, 15) is 9.59 Å². The number of amides is 1. The van der Waals surface area contributed by atoms with Crippen LogP contribution in [0.3, 0.4) is 0 Å². The van der Waals surface area contributed by atoms with Crippen LogP contribution in [0.5, 0.6) is 0 Å². The van der Waals surface area contributed by atoms with Gasteiger partial charge >= 0.3 is 5.97 Å². The molecule has 108 valence electrons. The number of hydrogen-bond donors (Lipinski definition) is 2. The van der Waals surface area contributed by atoms with Crippen molar-refractivity contribution < 1.29 is 19.4 Å². The van der Waals surface area contributed by atoms with Crippen molar-refractivity contribution in [1.29, 1.82) is 0 Å². The molecule has 20 heavy (non-hydrogen) atoms. The standard InChI is InChI=1S/C14H16BrNO4/c1-8-4-9(6-10(15)5-8)13(17)16-7-11-2-3-12(20-11)14(18)19/h4-6,11-12H,2-3,7H2,1H3,(H,16,17)(H,18,19). The predicted molar refractivity (Wildman–Crippen MR) is 76.7 cm³/mol. The van der Waals surface area contributed by atoms with Gasteiger partial charge in [0.25, 0.3) is 5.91 Å². The minimum absolute atomic E-state index is 0.184. The van der Waals surface area contributed by atoms with Gasteiger partial charge in [-0.2, -0.15) is 0 Å². The van der Waals surface area contributed by atoms with Gasteiger partial charge in [-0.3, -0.25) is 4.79 Å². The van der Waals surface area contributed by atoms with Gasteiger partial charge in [-0.1, -0.05) is 15.9 Å². The number of ether oxygens (including phenoxy) is 1. The van der Waals surface area contributed by atoms with Crippen molar-refractivity contribution >= 4 is 27.8 Å². The molecule has 1 saturated heterocycles. The maximum Gasteiger partial charge on any atom is 0.332 e. The molecule has 1 heterocycles. The average Bonchev–Trinajstić information content (AvgIpc) is 2.83. The van der Waals surface area contributed by atoms with E-state index in [1.54, 1.807) is 12.1 Å². The summed E-state index contributed by atoms with van der Waals surface area (Å²) in [4.78, 5) is 22.8. The molecule has 0 spiro atoms. The number of nitrogens with one attached hydrogen (secondary N) is 1. The van der Waals surface area contributed by atoms with E-state index in [0.717, 1.165) is 10.0 Å². The zero-order chi connectivity index (χ0) is 14.7. The number of benzene rings is 1. The molecule has 1 aliphatic rings. The molecular weight excluding hydrogens is 326 g/mol. The van der Waals surface area contributed by atoms with Crippen LogP contribution in [-0.2, 0) is 9.53 Å². The van der Waals surface area contributed by atoms with Crippen LogP contribution in [0.2, 0.25) is 0 Å².